The molecule has 18 heavy (non-hydrogen) atoms. The van der Waals surface area contributed by atoms with Crippen molar-refractivity contribution in [2.24, 2.45) is 5.92 Å². The highest BCUT2D eigenvalue weighted by molar-refractivity contribution is 5.96. The zero-order valence-electron chi connectivity index (χ0n) is 11.3. The van der Waals surface area contributed by atoms with E-state index < -0.39 is 0 Å². The molecule has 1 saturated heterocycles. The molecule has 0 saturated carbocycles. The average molecular weight is 247 g/mol. The predicted octanol–water partition coefficient (Wildman–Crippen LogP) is 2.15. The zero-order chi connectivity index (χ0) is 13.3. The van der Waals surface area contributed by atoms with E-state index in [1.165, 1.54) is 0 Å². The third-order valence-electron chi connectivity index (χ3n) is 3.94. The first-order valence-electron chi connectivity index (χ1n) is 6.53. The van der Waals surface area contributed by atoms with Gasteiger partial charge in [-0.25, -0.2) is 0 Å². The number of aliphatic hydroxyl groups excluding tert-OH is 1. The lowest BCUT2D eigenvalue weighted by atomic mass is 10.0. The summed E-state index contributed by atoms with van der Waals surface area (Å²) in [6, 6.07) is 5.86. The maximum atomic E-state index is 12.5. The van der Waals surface area contributed by atoms with E-state index in [1.54, 1.807) is 0 Å². The molecular formula is C15H21NO2. The number of hydrogen-bond donors (Lipinski definition) is 1. The van der Waals surface area contributed by atoms with E-state index in [-0.39, 0.29) is 18.6 Å². The maximum Gasteiger partial charge on any atom is 0.254 e. The summed E-state index contributed by atoms with van der Waals surface area (Å²) in [6.07, 6.45) is 0.974. The summed E-state index contributed by atoms with van der Waals surface area (Å²) in [5.74, 6) is 0.431. The molecule has 1 heterocycles. The van der Waals surface area contributed by atoms with Crippen LogP contribution < -0.4 is 0 Å². The minimum Gasteiger partial charge on any atom is -0.394 e. The smallest absolute Gasteiger partial charge is 0.254 e. The van der Waals surface area contributed by atoms with Crippen molar-refractivity contribution in [3.05, 3.63) is 34.9 Å². The van der Waals surface area contributed by atoms with Crippen molar-refractivity contribution in [3.63, 3.8) is 0 Å². The monoisotopic (exact) mass is 247 g/mol. The van der Waals surface area contributed by atoms with Crippen LogP contribution in [0.5, 0.6) is 0 Å². The van der Waals surface area contributed by atoms with Crippen molar-refractivity contribution in [2.75, 3.05) is 13.2 Å². The Morgan fingerprint density at radius 2 is 2.17 bits per heavy atom. The molecule has 2 unspecified atom stereocenters. The second kappa shape index (κ2) is 5.11. The third kappa shape index (κ3) is 2.27. The zero-order valence-corrected chi connectivity index (χ0v) is 11.3. The molecule has 0 aromatic heterocycles. The number of aliphatic hydroxyl groups is 1. The quantitative estimate of drug-likeness (QED) is 0.870. The van der Waals surface area contributed by atoms with Crippen LogP contribution in [0, 0.1) is 19.8 Å². The molecule has 0 radical (unpaired) electrons. The number of hydrogen-bond acceptors (Lipinski definition) is 2. The molecule has 2 atom stereocenters. The molecule has 1 aromatic rings. The fourth-order valence-electron chi connectivity index (χ4n) is 2.75. The van der Waals surface area contributed by atoms with Crippen LogP contribution in [-0.2, 0) is 0 Å². The molecule has 1 aliphatic heterocycles. The number of aryl methyl sites for hydroxylation is 2. The minimum absolute atomic E-state index is 0.0294. The standard InChI is InChI=1S/C15H21NO2/c1-10-4-5-13(12(3)8-10)15(18)16-7-6-11(2)14(16)9-17/h4-5,8,11,14,17H,6-7,9H2,1-3H3. The Kier molecular flexibility index (Phi) is 3.71. The van der Waals surface area contributed by atoms with E-state index in [9.17, 15) is 9.90 Å². The molecule has 98 valence electrons. The van der Waals surface area contributed by atoms with E-state index >= 15 is 0 Å². The fourth-order valence-corrected chi connectivity index (χ4v) is 2.75. The van der Waals surface area contributed by atoms with Gasteiger partial charge in [0.1, 0.15) is 0 Å². The normalized spacial score (nSPS) is 23.4. The summed E-state index contributed by atoms with van der Waals surface area (Å²) < 4.78 is 0. The first kappa shape index (κ1) is 13.1. The van der Waals surface area contributed by atoms with Gasteiger partial charge in [-0.2, -0.15) is 0 Å². The van der Waals surface area contributed by atoms with Crippen molar-refractivity contribution < 1.29 is 9.90 Å². The minimum atomic E-state index is -0.0294. The highest BCUT2D eigenvalue weighted by atomic mass is 16.3. The second-order valence-corrected chi connectivity index (χ2v) is 5.33. The largest absolute Gasteiger partial charge is 0.394 e. The Hall–Kier alpha value is -1.35. The Morgan fingerprint density at radius 3 is 2.78 bits per heavy atom. The Morgan fingerprint density at radius 1 is 1.44 bits per heavy atom. The lowest BCUT2D eigenvalue weighted by molar-refractivity contribution is 0.0647. The molecule has 0 bridgehead atoms. The van der Waals surface area contributed by atoms with Crippen LogP contribution in [0.15, 0.2) is 18.2 Å². The molecule has 0 spiro atoms. The van der Waals surface area contributed by atoms with Crippen LogP contribution in [-0.4, -0.2) is 35.1 Å². The number of carbonyl (C=O) groups is 1. The van der Waals surface area contributed by atoms with E-state index in [1.807, 2.05) is 36.9 Å². The maximum absolute atomic E-state index is 12.5. The lowest BCUT2D eigenvalue weighted by Crippen LogP contribution is -2.40. The first-order chi connectivity index (χ1) is 8.54. The van der Waals surface area contributed by atoms with Gasteiger partial charge in [-0.15, -0.1) is 0 Å². The van der Waals surface area contributed by atoms with Gasteiger partial charge in [0, 0.05) is 12.1 Å². The summed E-state index contributed by atoms with van der Waals surface area (Å²) in [4.78, 5) is 14.3. The summed E-state index contributed by atoms with van der Waals surface area (Å²) in [6.45, 7) is 6.88. The van der Waals surface area contributed by atoms with Gasteiger partial charge in [0.2, 0.25) is 0 Å². The molecule has 1 amide bonds. The number of likely N-dealkylation sites (tertiary alicyclic amines) is 1. The molecule has 2 rings (SSSR count). The van der Waals surface area contributed by atoms with Gasteiger partial charge < -0.3 is 10.0 Å². The summed E-state index contributed by atoms with van der Waals surface area (Å²) in [7, 11) is 0. The highest BCUT2D eigenvalue weighted by Crippen LogP contribution is 2.26. The van der Waals surface area contributed by atoms with Gasteiger partial charge >= 0.3 is 0 Å². The van der Waals surface area contributed by atoms with E-state index in [2.05, 4.69) is 6.92 Å². The van der Waals surface area contributed by atoms with Gasteiger partial charge in [-0.1, -0.05) is 24.6 Å². The third-order valence-corrected chi connectivity index (χ3v) is 3.94. The van der Waals surface area contributed by atoms with Crippen LogP contribution in [0.4, 0.5) is 0 Å². The molecule has 1 fully saturated rings. The van der Waals surface area contributed by atoms with E-state index in [0.29, 0.717) is 5.92 Å². The topological polar surface area (TPSA) is 40.5 Å². The Balaban J connectivity index is 2.26. The lowest BCUT2D eigenvalue weighted by Gasteiger charge is -2.26. The fraction of sp³-hybridized carbons (Fsp3) is 0.533. The molecule has 3 nitrogen and oxygen atoms in total. The first-order valence-corrected chi connectivity index (χ1v) is 6.53. The molecule has 1 aromatic carbocycles. The number of carbonyl (C=O) groups excluding carboxylic acids is 1. The van der Waals surface area contributed by atoms with Crippen molar-refractivity contribution in [2.45, 2.75) is 33.2 Å². The average Bonchev–Trinajstić information content (AvgIpc) is 2.69. The number of rotatable bonds is 2. The van der Waals surface area contributed by atoms with Crippen LogP contribution >= 0.6 is 0 Å². The van der Waals surface area contributed by atoms with Gasteiger partial charge in [-0.05, 0) is 37.8 Å². The number of nitrogens with zero attached hydrogens (tertiary/aromatic N) is 1. The molecule has 1 N–H and O–H groups in total. The Bertz CT molecular complexity index is 456. The van der Waals surface area contributed by atoms with Gasteiger partial charge in [-0.3, -0.25) is 4.79 Å². The summed E-state index contributed by atoms with van der Waals surface area (Å²) >= 11 is 0. The SMILES string of the molecule is Cc1ccc(C(=O)N2CCC(C)C2CO)c(C)c1. The number of amides is 1. The van der Waals surface area contributed by atoms with E-state index in [4.69, 9.17) is 0 Å². The van der Waals surface area contributed by atoms with Crippen LogP contribution in [0.2, 0.25) is 0 Å². The van der Waals surface area contributed by atoms with Crippen LogP contribution in [0.25, 0.3) is 0 Å². The molecule has 3 heteroatoms. The van der Waals surface area contributed by atoms with Gasteiger partial charge in [0.25, 0.3) is 5.91 Å². The number of benzene rings is 1. The van der Waals surface area contributed by atoms with Crippen molar-refractivity contribution in [1.82, 2.24) is 4.90 Å². The van der Waals surface area contributed by atoms with Gasteiger partial charge in [0.15, 0.2) is 0 Å². The van der Waals surface area contributed by atoms with Crippen LogP contribution in [0.3, 0.4) is 0 Å². The van der Waals surface area contributed by atoms with Crippen molar-refractivity contribution >= 4 is 5.91 Å². The highest BCUT2D eigenvalue weighted by Gasteiger charge is 2.34. The summed E-state index contributed by atoms with van der Waals surface area (Å²) in [5.41, 5.74) is 2.93. The molecule has 1 aliphatic rings. The predicted molar refractivity (Wildman–Crippen MR) is 71.6 cm³/mol. The second-order valence-electron chi connectivity index (χ2n) is 5.33. The van der Waals surface area contributed by atoms with Crippen LogP contribution in [0.1, 0.15) is 34.8 Å². The summed E-state index contributed by atoms with van der Waals surface area (Å²) in [5, 5.41) is 9.42. The molecule has 0 aliphatic carbocycles. The van der Waals surface area contributed by atoms with E-state index in [0.717, 1.165) is 29.7 Å². The van der Waals surface area contributed by atoms with Crippen molar-refractivity contribution in [3.8, 4) is 0 Å². The van der Waals surface area contributed by atoms with Crippen molar-refractivity contribution in [1.29, 1.82) is 0 Å². The molecular weight excluding hydrogens is 226 g/mol. The van der Waals surface area contributed by atoms with Gasteiger partial charge in [0.05, 0.1) is 12.6 Å². The Labute approximate surface area is 108 Å².